The molecule has 108 valence electrons. The van der Waals surface area contributed by atoms with Gasteiger partial charge < -0.3 is 4.42 Å². The largest absolute Gasteiger partial charge is 0.411 e. The molecule has 21 heavy (non-hydrogen) atoms. The zero-order chi connectivity index (χ0) is 14.7. The lowest BCUT2D eigenvalue weighted by molar-refractivity contribution is 0.466. The Morgan fingerprint density at radius 3 is 2.95 bits per heavy atom. The Balaban J connectivity index is 1.67. The fraction of sp³-hybridized carbons (Fsp3) is 0.267. The van der Waals surface area contributed by atoms with Crippen molar-refractivity contribution in [3.63, 3.8) is 0 Å². The van der Waals surface area contributed by atoms with Gasteiger partial charge in [0.05, 0.1) is 11.8 Å². The molecule has 0 aliphatic carbocycles. The Kier molecular flexibility index (Phi) is 4.06. The number of aromatic nitrogens is 4. The molecule has 0 unspecified atom stereocenters. The molecular formula is C15H16N4OS. The Labute approximate surface area is 127 Å². The van der Waals surface area contributed by atoms with Crippen LogP contribution in [0.25, 0.3) is 11.5 Å². The van der Waals surface area contributed by atoms with Crippen LogP contribution in [0.15, 0.2) is 46.3 Å². The first-order valence-corrected chi connectivity index (χ1v) is 7.78. The molecule has 0 fully saturated rings. The molecule has 6 heteroatoms. The highest BCUT2D eigenvalue weighted by molar-refractivity contribution is 7.98. The number of aryl methyl sites for hydroxylation is 2. The van der Waals surface area contributed by atoms with Gasteiger partial charge in [0.2, 0.25) is 0 Å². The average molecular weight is 300 g/mol. The van der Waals surface area contributed by atoms with Crippen LogP contribution in [0.4, 0.5) is 0 Å². The summed E-state index contributed by atoms with van der Waals surface area (Å²) in [6.07, 6.45) is 3.65. The van der Waals surface area contributed by atoms with E-state index in [0.29, 0.717) is 11.1 Å². The van der Waals surface area contributed by atoms with Crippen molar-refractivity contribution in [3.05, 3.63) is 47.8 Å². The molecule has 0 aliphatic rings. The molecule has 3 aromatic rings. The van der Waals surface area contributed by atoms with E-state index in [9.17, 15) is 0 Å². The van der Waals surface area contributed by atoms with Crippen molar-refractivity contribution in [2.45, 2.75) is 31.4 Å². The Hall–Kier alpha value is -2.08. The lowest BCUT2D eigenvalue weighted by Crippen LogP contribution is -1.91. The first-order chi connectivity index (χ1) is 10.2. The van der Waals surface area contributed by atoms with Gasteiger partial charge in [-0.15, -0.1) is 10.2 Å². The predicted molar refractivity (Wildman–Crippen MR) is 81.9 cm³/mol. The Morgan fingerprint density at radius 2 is 2.19 bits per heavy atom. The average Bonchev–Trinajstić information content (AvgIpc) is 3.14. The van der Waals surface area contributed by atoms with Crippen molar-refractivity contribution in [1.82, 2.24) is 20.0 Å². The van der Waals surface area contributed by atoms with E-state index in [0.717, 1.165) is 17.9 Å². The lowest BCUT2D eigenvalue weighted by atomic mass is 10.2. The lowest BCUT2D eigenvalue weighted by Gasteiger charge is -1.99. The smallest absolute Gasteiger partial charge is 0.277 e. The van der Waals surface area contributed by atoms with Gasteiger partial charge in [0, 0.05) is 18.5 Å². The number of hydrogen-bond acceptors (Lipinski definition) is 5. The van der Waals surface area contributed by atoms with Gasteiger partial charge in [-0.3, -0.25) is 4.68 Å². The summed E-state index contributed by atoms with van der Waals surface area (Å²) in [4.78, 5) is 0. The van der Waals surface area contributed by atoms with Crippen LogP contribution in [-0.4, -0.2) is 20.0 Å². The highest BCUT2D eigenvalue weighted by Gasteiger charge is 2.11. The summed E-state index contributed by atoms with van der Waals surface area (Å²) in [5, 5.41) is 12.9. The summed E-state index contributed by atoms with van der Waals surface area (Å²) < 4.78 is 7.50. The molecule has 3 rings (SSSR count). The van der Waals surface area contributed by atoms with E-state index in [1.165, 1.54) is 11.1 Å². The quantitative estimate of drug-likeness (QED) is 0.674. The van der Waals surface area contributed by atoms with Crippen LogP contribution in [0.1, 0.15) is 18.1 Å². The van der Waals surface area contributed by atoms with E-state index in [1.807, 2.05) is 17.8 Å². The maximum absolute atomic E-state index is 5.67. The van der Waals surface area contributed by atoms with Crippen LogP contribution in [-0.2, 0) is 12.3 Å². The predicted octanol–water partition coefficient (Wildman–Crippen LogP) is 3.55. The maximum Gasteiger partial charge on any atom is 0.277 e. The van der Waals surface area contributed by atoms with E-state index in [-0.39, 0.29) is 0 Å². The third-order valence-electron chi connectivity index (χ3n) is 3.06. The number of hydrogen-bond donors (Lipinski definition) is 0. The highest BCUT2D eigenvalue weighted by atomic mass is 32.2. The SMILES string of the molecule is CCn1cc(-c2nnc(SCc3cccc(C)c3)o2)cn1. The fourth-order valence-corrected chi connectivity index (χ4v) is 2.68. The van der Waals surface area contributed by atoms with E-state index >= 15 is 0 Å². The van der Waals surface area contributed by atoms with Crippen molar-refractivity contribution < 1.29 is 4.42 Å². The minimum Gasteiger partial charge on any atom is -0.411 e. The zero-order valence-electron chi connectivity index (χ0n) is 12.0. The molecule has 0 radical (unpaired) electrons. The van der Waals surface area contributed by atoms with Crippen molar-refractivity contribution in [3.8, 4) is 11.5 Å². The van der Waals surface area contributed by atoms with Crippen LogP contribution in [0.5, 0.6) is 0 Å². The zero-order valence-corrected chi connectivity index (χ0v) is 12.8. The molecule has 0 saturated heterocycles. The van der Waals surface area contributed by atoms with Gasteiger partial charge in [-0.25, -0.2) is 0 Å². The summed E-state index contributed by atoms with van der Waals surface area (Å²) in [6, 6.07) is 8.41. The first-order valence-electron chi connectivity index (χ1n) is 6.79. The highest BCUT2D eigenvalue weighted by Crippen LogP contribution is 2.25. The van der Waals surface area contributed by atoms with E-state index in [1.54, 1.807) is 18.0 Å². The van der Waals surface area contributed by atoms with E-state index in [4.69, 9.17) is 4.42 Å². The van der Waals surface area contributed by atoms with Crippen LogP contribution in [0.3, 0.4) is 0 Å². The topological polar surface area (TPSA) is 56.7 Å². The van der Waals surface area contributed by atoms with Gasteiger partial charge in [0.1, 0.15) is 0 Å². The van der Waals surface area contributed by atoms with Crippen LogP contribution in [0, 0.1) is 6.92 Å². The molecule has 0 saturated carbocycles. The minimum atomic E-state index is 0.515. The standard InChI is InChI=1S/C15H16N4OS/c1-3-19-9-13(8-16-19)14-17-18-15(20-14)21-10-12-6-4-5-11(2)7-12/h4-9H,3,10H2,1-2H3. The number of thioether (sulfide) groups is 1. The second-order valence-corrected chi connectivity index (χ2v) is 5.66. The van der Waals surface area contributed by atoms with Crippen LogP contribution < -0.4 is 0 Å². The minimum absolute atomic E-state index is 0.515. The van der Waals surface area contributed by atoms with Gasteiger partial charge in [-0.05, 0) is 19.4 Å². The molecule has 0 spiro atoms. The first kappa shape index (κ1) is 13.9. The molecule has 1 aromatic carbocycles. The number of rotatable bonds is 5. The molecule has 5 nitrogen and oxygen atoms in total. The Bertz CT molecular complexity index is 735. The van der Waals surface area contributed by atoms with Gasteiger partial charge in [0.15, 0.2) is 0 Å². The third-order valence-corrected chi connectivity index (χ3v) is 3.95. The fourth-order valence-electron chi connectivity index (χ4n) is 1.98. The molecule has 0 atom stereocenters. The summed E-state index contributed by atoms with van der Waals surface area (Å²) in [5.41, 5.74) is 3.36. The number of nitrogens with zero attached hydrogens (tertiary/aromatic N) is 4. The summed E-state index contributed by atoms with van der Waals surface area (Å²) in [5.74, 6) is 1.33. The van der Waals surface area contributed by atoms with Crippen molar-refractivity contribution in [1.29, 1.82) is 0 Å². The number of benzene rings is 1. The van der Waals surface area contributed by atoms with Gasteiger partial charge in [0.25, 0.3) is 11.1 Å². The normalized spacial score (nSPS) is 11.0. The van der Waals surface area contributed by atoms with E-state index in [2.05, 4.69) is 46.5 Å². The Morgan fingerprint density at radius 1 is 1.29 bits per heavy atom. The molecule has 0 bridgehead atoms. The summed E-state index contributed by atoms with van der Waals surface area (Å²) >= 11 is 1.54. The molecule has 0 aliphatic heterocycles. The molecule has 0 amide bonds. The van der Waals surface area contributed by atoms with Gasteiger partial charge in [-0.2, -0.15) is 5.10 Å². The monoisotopic (exact) mass is 300 g/mol. The van der Waals surface area contributed by atoms with Gasteiger partial charge in [-0.1, -0.05) is 41.6 Å². The van der Waals surface area contributed by atoms with Crippen molar-refractivity contribution in [2.75, 3.05) is 0 Å². The van der Waals surface area contributed by atoms with Crippen LogP contribution in [0.2, 0.25) is 0 Å². The second-order valence-electron chi connectivity index (χ2n) is 4.74. The molecule has 0 N–H and O–H groups in total. The molecule has 2 aromatic heterocycles. The molecular weight excluding hydrogens is 284 g/mol. The maximum atomic E-state index is 5.67. The second kappa shape index (κ2) is 6.13. The summed E-state index contributed by atoms with van der Waals surface area (Å²) in [6.45, 7) is 4.95. The summed E-state index contributed by atoms with van der Waals surface area (Å²) in [7, 11) is 0. The molecule has 2 heterocycles. The van der Waals surface area contributed by atoms with E-state index < -0.39 is 0 Å². The van der Waals surface area contributed by atoms with Crippen molar-refractivity contribution in [2.24, 2.45) is 0 Å². The van der Waals surface area contributed by atoms with Crippen LogP contribution >= 0.6 is 11.8 Å². The van der Waals surface area contributed by atoms with Crippen molar-refractivity contribution >= 4 is 11.8 Å². The third kappa shape index (κ3) is 3.33. The van der Waals surface area contributed by atoms with Gasteiger partial charge >= 0.3 is 0 Å².